The van der Waals surface area contributed by atoms with E-state index in [1.165, 1.54) is 4.90 Å². The highest BCUT2D eigenvalue weighted by atomic mass is 79.9. The van der Waals surface area contributed by atoms with Gasteiger partial charge in [0.2, 0.25) is 0 Å². The maximum atomic E-state index is 12.6. The number of fused-ring (bicyclic) bond motifs is 1. The van der Waals surface area contributed by atoms with Crippen molar-refractivity contribution < 1.29 is 19.1 Å². The lowest BCUT2D eigenvalue weighted by molar-refractivity contribution is -0.137. The molecule has 0 bridgehead atoms. The van der Waals surface area contributed by atoms with Crippen LogP contribution < -0.4 is 0 Å². The lowest BCUT2D eigenvalue weighted by Gasteiger charge is -2.22. The van der Waals surface area contributed by atoms with Gasteiger partial charge >= 0.3 is 5.97 Å². The molecule has 0 saturated carbocycles. The number of carboxylic acids is 1. The van der Waals surface area contributed by atoms with E-state index < -0.39 is 5.97 Å². The lowest BCUT2D eigenvalue weighted by atomic mass is 10.2. The largest absolute Gasteiger partial charge is 0.481 e. The zero-order chi connectivity index (χ0) is 16.3. The van der Waals surface area contributed by atoms with Crippen LogP contribution in [0.4, 0.5) is 0 Å². The molecular formula is C16H18BrNO4. The Balaban J connectivity index is 2.24. The Bertz CT molecular complexity index is 693. The molecule has 5 nitrogen and oxygen atoms in total. The van der Waals surface area contributed by atoms with Crippen LogP contribution in [0.25, 0.3) is 11.0 Å². The van der Waals surface area contributed by atoms with Crippen molar-refractivity contribution in [2.24, 2.45) is 5.92 Å². The van der Waals surface area contributed by atoms with Gasteiger partial charge in [-0.2, -0.15) is 0 Å². The van der Waals surface area contributed by atoms with E-state index >= 15 is 0 Å². The number of nitrogens with zero attached hydrogens (tertiary/aromatic N) is 1. The molecule has 6 heteroatoms. The van der Waals surface area contributed by atoms with E-state index in [-0.39, 0.29) is 30.6 Å². The summed E-state index contributed by atoms with van der Waals surface area (Å²) in [5.41, 5.74) is 0.634. The van der Waals surface area contributed by atoms with Crippen molar-refractivity contribution in [2.45, 2.75) is 20.3 Å². The molecule has 1 N–H and O–H groups in total. The van der Waals surface area contributed by atoms with Gasteiger partial charge in [-0.3, -0.25) is 9.59 Å². The van der Waals surface area contributed by atoms with E-state index in [1.54, 1.807) is 12.1 Å². The van der Waals surface area contributed by atoms with Crippen LogP contribution in [-0.4, -0.2) is 35.0 Å². The quantitative estimate of drug-likeness (QED) is 0.843. The summed E-state index contributed by atoms with van der Waals surface area (Å²) in [5, 5.41) is 9.66. The van der Waals surface area contributed by atoms with Crippen molar-refractivity contribution in [3.8, 4) is 0 Å². The number of amides is 1. The number of hydrogen-bond donors (Lipinski definition) is 1. The minimum atomic E-state index is -0.921. The number of rotatable bonds is 6. The molecule has 0 fully saturated rings. The van der Waals surface area contributed by atoms with Gasteiger partial charge in [0.15, 0.2) is 5.76 Å². The molecule has 0 spiro atoms. The number of hydrogen-bond acceptors (Lipinski definition) is 3. The summed E-state index contributed by atoms with van der Waals surface area (Å²) in [5.74, 6) is -0.715. The second-order valence-corrected chi connectivity index (χ2v) is 6.50. The first-order valence-electron chi connectivity index (χ1n) is 7.07. The molecule has 0 aliphatic carbocycles. The zero-order valence-electron chi connectivity index (χ0n) is 12.5. The lowest BCUT2D eigenvalue weighted by Crippen LogP contribution is -2.35. The van der Waals surface area contributed by atoms with Crippen LogP contribution in [0, 0.1) is 5.92 Å². The predicted octanol–water partition coefficient (Wildman–Crippen LogP) is 3.77. The number of carbonyl (C=O) groups excluding carboxylic acids is 1. The van der Waals surface area contributed by atoms with E-state index in [2.05, 4.69) is 15.9 Å². The van der Waals surface area contributed by atoms with Crippen LogP contribution in [0.3, 0.4) is 0 Å². The Labute approximate surface area is 137 Å². The molecule has 1 heterocycles. The molecule has 2 aromatic rings. The molecule has 0 aliphatic rings. The first-order chi connectivity index (χ1) is 10.4. The first-order valence-corrected chi connectivity index (χ1v) is 7.86. The monoisotopic (exact) mass is 367 g/mol. The van der Waals surface area contributed by atoms with Crippen LogP contribution in [-0.2, 0) is 4.79 Å². The Kier molecular flexibility index (Phi) is 5.24. The van der Waals surface area contributed by atoms with Gasteiger partial charge in [-0.15, -0.1) is 0 Å². The molecule has 0 aliphatic heterocycles. The predicted molar refractivity (Wildman–Crippen MR) is 86.9 cm³/mol. The molecule has 1 amide bonds. The molecule has 0 radical (unpaired) electrons. The average molecular weight is 368 g/mol. The van der Waals surface area contributed by atoms with Crippen molar-refractivity contribution in [1.82, 2.24) is 4.90 Å². The molecule has 118 valence electrons. The number of carboxylic acid groups (broad SMARTS) is 1. The fourth-order valence-electron chi connectivity index (χ4n) is 2.22. The van der Waals surface area contributed by atoms with Crippen molar-refractivity contribution in [3.05, 3.63) is 34.5 Å². The molecule has 1 aromatic carbocycles. The van der Waals surface area contributed by atoms with Gasteiger partial charge in [-0.25, -0.2) is 0 Å². The molecule has 1 aromatic heterocycles. The highest BCUT2D eigenvalue weighted by molar-refractivity contribution is 9.10. The fourth-order valence-corrected chi connectivity index (χ4v) is 2.60. The highest BCUT2D eigenvalue weighted by Gasteiger charge is 2.21. The Hall–Kier alpha value is -1.82. The minimum Gasteiger partial charge on any atom is -0.481 e. The standard InChI is InChI=1S/C16H18BrNO4/c1-10(2)9-18(6-5-15(19)20)16(21)14-8-11-7-12(17)3-4-13(11)22-14/h3-4,7-8,10H,5-6,9H2,1-2H3,(H,19,20). The smallest absolute Gasteiger partial charge is 0.305 e. The van der Waals surface area contributed by atoms with Gasteiger partial charge in [-0.1, -0.05) is 29.8 Å². The van der Waals surface area contributed by atoms with Gasteiger partial charge in [0.1, 0.15) is 5.58 Å². The van der Waals surface area contributed by atoms with Crippen LogP contribution in [0.2, 0.25) is 0 Å². The SMILES string of the molecule is CC(C)CN(CCC(=O)O)C(=O)c1cc2cc(Br)ccc2o1. The van der Waals surface area contributed by atoms with Gasteiger partial charge in [0, 0.05) is 22.9 Å². The fraction of sp³-hybridized carbons (Fsp3) is 0.375. The minimum absolute atomic E-state index is 0.0791. The van der Waals surface area contributed by atoms with Crippen LogP contribution in [0.5, 0.6) is 0 Å². The number of aliphatic carboxylic acids is 1. The molecule has 0 unspecified atom stereocenters. The summed E-state index contributed by atoms with van der Waals surface area (Å²) in [6.07, 6.45) is -0.0791. The van der Waals surface area contributed by atoms with Gasteiger partial charge in [0.05, 0.1) is 6.42 Å². The maximum absolute atomic E-state index is 12.6. The van der Waals surface area contributed by atoms with E-state index in [0.717, 1.165) is 9.86 Å². The average Bonchev–Trinajstić information content (AvgIpc) is 2.85. The summed E-state index contributed by atoms with van der Waals surface area (Å²) in [7, 11) is 0. The molecule has 2 rings (SSSR count). The third-order valence-electron chi connectivity index (χ3n) is 3.16. The van der Waals surface area contributed by atoms with Crippen LogP contribution >= 0.6 is 15.9 Å². The van der Waals surface area contributed by atoms with Crippen molar-refractivity contribution in [3.63, 3.8) is 0 Å². The van der Waals surface area contributed by atoms with Gasteiger partial charge < -0.3 is 14.4 Å². The summed E-state index contributed by atoms with van der Waals surface area (Å²) in [6, 6.07) is 7.20. The normalized spacial score (nSPS) is 11.1. The Morgan fingerprint density at radius 3 is 2.68 bits per heavy atom. The summed E-state index contributed by atoms with van der Waals surface area (Å²) < 4.78 is 6.50. The van der Waals surface area contributed by atoms with Crippen molar-refractivity contribution in [1.29, 1.82) is 0 Å². The number of carbonyl (C=O) groups is 2. The van der Waals surface area contributed by atoms with Gasteiger partial charge in [0.25, 0.3) is 5.91 Å². The molecule has 0 saturated heterocycles. The summed E-state index contributed by atoms with van der Waals surface area (Å²) in [4.78, 5) is 24.9. The second kappa shape index (κ2) is 6.96. The second-order valence-electron chi connectivity index (χ2n) is 5.58. The topological polar surface area (TPSA) is 70.8 Å². The van der Waals surface area contributed by atoms with Crippen molar-refractivity contribution in [2.75, 3.05) is 13.1 Å². The number of halogens is 1. The number of furan rings is 1. The van der Waals surface area contributed by atoms with E-state index in [9.17, 15) is 9.59 Å². The van der Waals surface area contributed by atoms with E-state index in [0.29, 0.717) is 12.1 Å². The first kappa shape index (κ1) is 16.5. The van der Waals surface area contributed by atoms with E-state index in [1.807, 2.05) is 26.0 Å². The third kappa shape index (κ3) is 4.10. The highest BCUT2D eigenvalue weighted by Crippen LogP contribution is 2.24. The van der Waals surface area contributed by atoms with Gasteiger partial charge in [-0.05, 0) is 30.2 Å². The third-order valence-corrected chi connectivity index (χ3v) is 3.65. The van der Waals surface area contributed by atoms with E-state index in [4.69, 9.17) is 9.52 Å². The molecular weight excluding hydrogens is 350 g/mol. The molecule has 0 atom stereocenters. The van der Waals surface area contributed by atoms with Crippen molar-refractivity contribution >= 4 is 38.8 Å². The Morgan fingerprint density at radius 1 is 1.32 bits per heavy atom. The Morgan fingerprint density at radius 2 is 2.05 bits per heavy atom. The maximum Gasteiger partial charge on any atom is 0.305 e. The zero-order valence-corrected chi connectivity index (χ0v) is 14.1. The number of benzene rings is 1. The summed E-state index contributed by atoms with van der Waals surface area (Å²) in [6.45, 7) is 4.63. The van der Waals surface area contributed by atoms with Crippen LogP contribution in [0.1, 0.15) is 30.8 Å². The van der Waals surface area contributed by atoms with Crippen LogP contribution in [0.15, 0.2) is 33.2 Å². The summed E-state index contributed by atoms with van der Waals surface area (Å²) >= 11 is 3.38. The molecule has 22 heavy (non-hydrogen) atoms.